The second-order valence-electron chi connectivity index (χ2n) is 8.52. The number of hydrazine groups is 1. The van der Waals surface area contributed by atoms with Crippen LogP contribution in [0, 0.1) is 5.82 Å². The predicted octanol–water partition coefficient (Wildman–Crippen LogP) is 2.91. The summed E-state index contributed by atoms with van der Waals surface area (Å²) in [6, 6.07) is 13.3. The number of aryl methyl sites for hydroxylation is 1. The Morgan fingerprint density at radius 3 is 2.72 bits per heavy atom. The number of halogens is 1. The van der Waals surface area contributed by atoms with E-state index in [4.69, 9.17) is 5.73 Å². The van der Waals surface area contributed by atoms with E-state index in [1.54, 1.807) is 60.5 Å². The summed E-state index contributed by atoms with van der Waals surface area (Å²) in [5.41, 5.74) is 8.93. The molecule has 11 heteroatoms. The van der Waals surface area contributed by atoms with Crippen molar-refractivity contribution < 1.29 is 14.3 Å². The number of para-hydroxylation sites is 1. The van der Waals surface area contributed by atoms with Gasteiger partial charge in [0.25, 0.3) is 0 Å². The van der Waals surface area contributed by atoms with Crippen LogP contribution < -0.4 is 5.73 Å². The van der Waals surface area contributed by atoms with E-state index < -0.39 is 12.0 Å². The quantitative estimate of drug-likeness (QED) is 0.279. The normalized spacial score (nSPS) is 12.5. The molecule has 3 heterocycles. The van der Waals surface area contributed by atoms with Crippen LogP contribution in [0.5, 0.6) is 0 Å². The smallest absolute Gasteiger partial charge is 0.233 e. The number of pyridine rings is 1. The summed E-state index contributed by atoms with van der Waals surface area (Å²) >= 11 is 0. The van der Waals surface area contributed by atoms with Gasteiger partial charge >= 0.3 is 0 Å². The Labute approximate surface area is 205 Å². The average Bonchev–Trinajstić information content (AvgIpc) is 3.49. The van der Waals surface area contributed by atoms with Crippen molar-refractivity contribution in [3.05, 3.63) is 78.0 Å². The fourth-order valence-corrected chi connectivity index (χ4v) is 4.23. The molecule has 1 unspecified atom stereocenters. The largest absolute Gasteiger partial charge is 0.383 e. The summed E-state index contributed by atoms with van der Waals surface area (Å²) in [5, 5.41) is 24.5. The van der Waals surface area contributed by atoms with Crippen molar-refractivity contribution in [2.45, 2.75) is 19.7 Å². The molecule has 0 spiro atoms. The van der Waals surface area contributed by atoms with Gasteiger partial charge in [-0.15, -0.1) is 0 Å². The average molecular weight is 489 g/mol. The lowest BCUT2D eigenvalue weighted by molar-refractivity contribution is -0.169. The number of aliphatic hydroxyl groups is 1. The van der Waals surface area contributed by atoms with Crippen molar-refractivity contribution in [2.24, 2.45) is 7.05 Å². The van der Waals surface area contributed by atoms with Crippen molar-refractivity contribution in [1.82, 2.24) is 34.6 Å². The van der Waals surface area contributed by atoms with Crippen molar-refractivity contribution >= 4 is 33.5 Å². The molecular weight excluding hydrogens is 463 g/mol. The summed E-state index contributed by atoms with van der Waals surface area (Å²) in [6.07, 6.45) is 2.10. The van der Waals surface area contributed by atoms with Gasteiger partial charge in [-0.25, -0.2) is 14.1 Å². The number of aromatic nitrogens is 5. The highest BCUT2D eigenvalue weighted by molar-refractivity contribution is 6.07. The topological polar surface area (TPSA) is 118 Å². The van der Waals surface area contributed by atoms with Gasteiger partial charge < -0.3 is 10.8 Å². The van der Waals surface area contributed by atoms with Gasteiger partial charge in [0.1, 0.15) is 17.3 Å². The number of amides is 1. The maximum Gasteiger partial charge on any atom is 0.233 e. The first-order valence-electron chi connectivity index (χ1n) is 11.2. The Kier molecular flexibility index (Phi) is 5.86. The van der Waals surface area contributed by atoms with Crippen LogP contribution in [0.15, 0.2) is 60.9 Å². The second kappa shape index (κ2) is 9.02. The summed E-state index contributed by atoms with van der Waals surface area (Å²) in [7, 11) is 3.38. The molecule has 36 heavy (non-hydrogen) atoms. The Hall–Kier alpha value is -4.35. The number of hydrogen-bond donors (Lipinski definition) is 2. The first kappa shape index (κ1) is 23.4. The molecule has 5 aromatic rings. The zero-order chi connectivity index (χ0) is 25.6. The molecule has 10 nitrogen and oxygen atoms in total. The number of anilines is 1. The zero-order valence-corrected chi connectivity index (χ0v) is 20.0. The molecule has 0 aliphatic heterocycles. The molecule has 0 aliphatic rings. The number of carbonyl (C=O) groups excluding carboxylic acids is 1. The third kappa shape index (κ3) is 4.04. The summed E-state index contributed by atoms with van der Waals surface area (Å²) < 4.78 is 17.3. The molecule has 1 amide bonds. The molecule has 1 atom stereocenters. The first-order chi connectivity index (χ1) is 17.2. The lowest BCUT2D eigenvalue weighted by Crippen LogP contribution is -2.44. The summed E-state index contributed by atoms with van der Waals surface area (Å²) in [6.45, 7) is 1.50. The number of hydrogen-bond acceptors (Lipinski definition) is 7. The van der Waals surface area contributed by atoms with Crippen LogP contribution in [0.3, 0.4) is 0 Å². The van der Waals surface area contributed by atoms with E-state index in [9.17, 15) is 14.3 Å². The molecule has 184 valence electrons. The molecule has 0 fully saturated rings. The molecule has 0 saturated carbocycles. The van der Waals surface area contributed by atoms with Gasteiger partial charge in [-0.2, -0.15) is 15.2 Å². The van der Waals surface area contributed by atoms with E-state index >= 15 is 0 Å². The second-order valence-corrected chi connectivity index (χ2v) is 8.52. The molecule has 3 N–H and O–H groups in total. The maximum absolute atomic E-state index is 14.2. The highest BCUT2D eigenvalue weighted by Gasteiger charge is 2.26. The van der Waals surface area contributed by atoms with E-state index in [0.717, 1.165) is 10.9 Å². The van der Waals surface area contributed by atoms with E-state index in [1.165, 1.54) is 27.7 Å². The lowest BCUT2D eigenvalue weighted by atomic mass is 10.1. The minimum absolute atomic E-state index is 0.0951. The Balaban J connectivity index is 1.52. The number of aliphatic hydroxyl groups excluding tert-OH is 1. The first-order valence-corrected chi connectivity index (χ1v) is 11.2. The Morgan fingerprint density at radius 2 is 1.97 bits per heavy atom. The number of nitrogens with two attached hydrogens (primary N) is 1. The molecule has 0 aliphatic carbocycles. The molecule has 0 saturated heterocycles. The van der Waals surface area contributed by atoms with Crippen molar-refractivity contribution in [2.75, 3.05) is 12.8 Å². The van der Waals surface area contributed by atoms with E-state index in [0.29, 0.717) is 33.7 Å². The van der Waals surface area contributed by atoms with Crippen molar-refractivity contribution in [3.63, 3.8) is 0 Å². The monoisotopic (exact) mass is 488 g/mol. The number of nitrogens with zero attached hydrogens (tertiary/aromatic N) is 7. The van der Waals surface area contributed by atoms with Gasteiger partial charge in [-0.1, -0.05) is 18.2 Å². The number of benzene rings is 2. The standard InChI is InChI=1S/C25H25FN8O2/c1-15(35)32(3)34(14-17-10-11-33(30-17)22-7-5-4-6-20(22)26)25(36)16-8-9-21-18(12-16)23-19(24(27)29-21)13-28-31(23)2/h4-13,25,36H,14H2,1-3H3,(H2,27,29). The molecule has 0 bridgehead atoms. The van der Waals surface area contributed by atoms with Crippen LogP contribution in [-0.4, -0.2) is 52.6 Å². The minimum Gasteiger partial charge on any atom is -0.383 e. The Morgan fingerprint density at radius 1 is 1.19 bits per heavy atom. The SMILES string of the molecule is CC(=O)N(C)N(Cc1ccn(-c2ccccc2F)n1)C(O)c1ccc2nc(N)c3cnn(C)c3c2c1. The highest BCUT2D eigenvalue weighted by atomic mass is 19.1. The number of rotatable bonds is 6. The van der Waals surface area contributed by atoms with Gasteiger partial charge in [0.2, 0.25) is 5.91 Å². The molecule has 3 aromatic heterocycles. The van der Waals surface area contributed by atoms with Crippen molar-refractivity contribution in [1.29, 1.82) is 0 Å². The molecular formula is C25H25FN8O2. The number of nitrogen functional groups attached to an aromatic ring is 1. The van der Waals surface area contributed by atoms with E-state index in [1.807, 2.05) is 13.1 Å². The van der Waals surface area contributed by atoms with Gasteiger partial charge in [0.05, 0.1) is 34.9 Å². The number of fused-ring (bicyclic) bond motifs is 3. The maximum atomic E-state index is 14.2. The van der Waals surface area contributed by atoms with Crippen LogP contribution in [0.25, 0.3) is 27.5 Å². The zero-order valence-electron chi connectivity index (χ0n) is 20.0. The molecule has 2 aromatic carbocycles. The minimum atomic E-state index is -1.19. The van der Waals surface area contributed by atoms with E-state index in [2.05, 4.69) is 15.2 Å². The van der Waals surface area contributed by atoms with E-state index in [-0.39, 0.29) is 12.5 Å². The molecule has 0 radical (unpaired) electrons. The Bertz CT molecular complexity index is 1590. The van der Waals surface area contributed by atoms with Crippen molar-refractivity contribution in [3.8, 4) is 5.69 Å². The van der Waals surface area contributed by atoms with Gasteiger partial charge in [-0.05, 0) is 35.9 Å². The van der Waals surface area contributed by atoms with Crippen LogP contribution in [-0.2, 0) is 18.4 Å². The molecule has 5 rings (SSSR count). The summed E-state index contributed by atoms with van der Waals surface area (Å²) in [5.74, 6) is -0.300. The van der Waals surface area contributed by atoms with Gasteiger partial charge in [-0.3, -0.25) is 14.5 Å². The van der Waals surface area contributed by atoms with Gasteiger partial charge in [0, 0.05) is 32.6 Å². The fourth-order valence-electron chi connectivity index (χ4n) is 4.23. The third-order valence-corrected chi connectivity index (χ3v) is 6.22. The highest BCUT2D eigenvalue weighted by Crippen LogP contribution is 2.31. The lowest BCUT2D eigenvalue weighted by Gasteiger charge is -2.34. The number of carbonyl (C=O) groups is 1. The third-order valence-electron chi connectivity index (χ3n) is 6.22. The van der Waals surface area contributed by atoms with Crippen LogP contribution in [0.4, 0.5) is 10.2 Å². The van der Waals surface area contributed by atoms with Crippen LogP contribution >= 0.6 is 0 Å². The van der Waals surface area contributed by atoms with Crippen LogP contribution in [0.2, 0.25) is 0 Å². The fraction of sp³-hybridized carbons (Fsp3) is 0.200. The van der Waals surface area contributed by atoms with Crippen LogP contribution in [0.1, 0.15) is 24.4 Å². The van der Waals surface area contributed by atoms with Gasteiger partial charge in [0.15, 0.2) is 6.23 Å². The predicted molar refractivity (Wildman–Crippen MR) is 133 cm³/mol. The summed E-state index contributed by atoms with van der Waals surface area (Å²) in [4.78, 5) is 16.7.